The largest absolute Gasteiger partial charge is 0.369 e. The van der Waals surface area contributed by atoms with Crippen molar-refractivity contribution >= 4 is 28.3 Å². The van der Waals surface area contributed by atoms with Gasteiger partial charge in [0.15, 0.2) is 0 Å². The van der Waals surface area contributed by atoms with Gasteiger partial charge in [0.1, 0.15) is 12.1 Å². The molecule has 2 aromatic rings. The molecule has 1 heterocycles. The summed E-state index contributed by atoms with van der Waals surface area (Å²) in [5, 5.41) is 13.8. The van der Waals surface area contributed by atoms with Crippen LogP contribution in [0.25, 0.3) is 10.9 Å². The van der Waals surface area contributed by atoms with Crippen molar-refractivity contribution in [1.29, 1.82) is 5.26 Å². The van der Waals surface area contributed by atoms with Gasteiger partial charge in [-0.1, -0.05) is 11.6 Å². The summed E-state index contributed by atoms with van der Waals surface area (Å²) in [6, 6.07) is 7.84. The van der Waals surface area contributed by atoms with Crippen LogP contribution in [-0.2, 0) is 0 Å². The molecule has 0 amide bonds. The van der Waals surface area contributed by atoms with E-state index in [1.807, 2.05) is 18.2 Å². The minimum Gasteiger partial charge on any atom is -0.369 e. The molecule has 0 radical (unpaired) electrons. The predicted molar refractivity (Wildman–Crippen MR) is 74.9 cm³/mol. The number of fused-ring (bicyclic) bond motifs is 1. The average molecular weight is 273 g/mol. The van der Waals surface area contributed by atoms with Gasteiger partial charge in [-0.15, -0.1) is 0 Å². The van der Waals surface area contributed by atoms with Crippen LogP contribution in [-0.4, -0.2) is 16.5 Å². The van der Waals surface area contributed by atoms with Gasteiger partial charge in [0.25, 0.3) is 0 Å². The quantitative estimate of drug-likeness (QED) is 0.927. The second-order valence-electron chi connectivity index (χ2n) is 5.07. The van der Waals surface area contributed by atoms with E-state index in [1.54, 1.807) is 0 Å². The maximum Gasteiger partial charge on any atom is 0.137 e. The summed E-state index contributed by atoms with van der Waals surface area (Å²) in [5.74, 6) is 0.811. The van der Waals surface area contributed by atoms with Crippen LogP contribution in [0.15, 0.2) is 24.5 Å². The van der Waals surface area contributed by atoms with Crippen molar-refractivity contribution in [1.82, 2.24) is 9.97 Å². The highest BCUT2D eigenvalue weighted by molar-refractivity contribution is 6.31. The predicted octanol–water partition coefficient (Wildman–Crippen LogP) is 3.39. The topological polar surface area (TPSA) is 61.6 Å². The highest BCUT2D eigenvalue weighted by Crippen LogP contribution is 2.48. The molecule has 96 valence electrons. The molecule has 5 heteroatoms. The van der Waals surface area contributed by atoms with E-state index in [-0.39, 0.29) is 5.41 Å². The lowest BCUT2D eigenvalue weighted by Gasteiger charge is -2.13. The van der Waals surface area contributed by atoms with E-state index >= 15 is 0 Å². The van der Waals surface area contributed by atoms with Gasteiger partial charge in [-0.2, -0.15) is 5.26 Å². The third kappa shape index (κ3) is 2.47. The maximum absolute atomic E-state index is 8.82. The second kappa shape index (κ2) is 4.67. The lowest BCUT2D eigenvalue weighted by atomic mass is 10.0. The van der Waals surface area contributed by atoms with Crippen LogP contribution in [0.5, 0.6) is 0 Å². The van der Waals surface area contributed by atoms with E-state index in [0.29, 0.717) is 11.4 Å². The monoisotopic (exact) mass is 272 g/mol. The van der Waals surface area contributed by atoms with E-state index in [2.05, 4.69) is 21.4 Å². The number of hydrogen-bond donors (Lipinski definition) is 1. The zero-order valence-corrected chi connectivity index (χ0v) is 11.1. The van der Waals surface area contributed by atoms with Gasteiger partial charge in [-0.05, 0) is 31.0 Å². The number of nitrogens with one attached hydrogen (secondary N) is 1. The minimum atomic E-state index is 0.151. The van der Waals surface area contributed by atoms with Gasteiger partial charge in [-0.25, -0.2) is 9.97 Å². The molecule has 3 rings (SSSR count). The molecule has 0 unspecified atom stereocenters. The molecule has 1 aliphatic carbocycles. The number of benzene rings is 1. The number of nitrogens with zero attached hydrogens (tertiary/aromatic N) is 3. The van der Waals surface area contributed by atoms with Crippen LogP contribution in [0.2, 0.25) is 5.02 Å². The molecule has 1 saturated carbocycles. The summed E-state index contributed by atoms with van der Waals surface area (Å²) in [5.41, 5.74) is 0.980. The molecule has 0 atom stereocenters. The van der Waals surface area contributed by atoms with Gasteiger partial charge in [0, 0.05) is 28.8 Å². The minimum absolute atomic E-state index is 0.151. The Bertz CT molecular complexity index is 658. The molecule has 1 fully saturated rings. The van der Waals surface area contributed by atoms with Crippen LogP contribution in [0.4, 0.5) is 5.82 Å². The molecule has 19 heavy (non-hydrogen) atoms. The third-order valence-electron chi connectivity index (χ3n) is 3.64. The fourth-order valence-electron chi connectivity index (χ4n) is 2.20. The zero-order chi connectivity index (χ0) is 13.3. The Kier molecular flexibility index (Phi) is 3.00. The van der Waals surface area contributed by atoms with Gasteiger partial charge < -0.3 is 5.32 Å². The summed E-state index contributed by atoms with van der Waals surface area (Å²) >= 11 is 5.96. The van der Waals surface area contributed by atoms with E-state index in [1.165, 1.54) is 6.33 Å². The van der Waals surface area contributed by atoms with Crippen molar-refractivity contribution in [2.75, 3.05) is 11.9 Å². The third-order valence-corrected chi connectivity index (χ3v) is 3.88. The van der Waals surface area contributed by atoms with Crippen LogP contribution < -0.4 is 5.32 Å². The smallest absolute Gasteiger partial charge is 0.137 e. The Morgan fingerprint density at radius 3 is 2.95 bits per heavy atom. The van der Waals surface area contributed by atoms with Crippen LogP contribution in [0.3, 0.4) is 0 Å². The lowest BCUT2D eigenvalue weighted by Crippen LogP contribution is -2.15. The molecule has 1 aromatic heterocycles. The Balaban J connectivity index is 1.84. The summed E-state index contributed by atoms with van der Waals surface area (Å²) < 4.78 is 0. The molecule has 1 aromatic carbocycles. The van der Waals surface area contributed by atoms with Crippen molar-refractivity contribution in [3.05, 3.63) is 29.5 Å². The first-order valence-corrected chi connectivity index (χ1v) is 6.61. The number of hydrogen-bond acceptors (Lipinski definition) is 4. The van der Waals surface area contributed by atoms with E-state index in [0.717, 1.165) is 36.1 Å². The van der Waals surface area contributed by atoms with Crippen LogP contribution >= 0.6 is 11.6 Å². The lowest BCUT2D eigenvalue weighted by molar-refractivity contribution is 0.556. The Morgan fingerprint density at radius 2 is 2.21 bits per heavy atom. The standard InChI is InChI=1S/C14H13ClN4/c15-10-1-2-11-12(7-10)18-9-19-13(11)17-8-14(3-4-14)5-6-16/h1-2,7,9H,3-5,8H2,(H,17,18,19). The summed E-state index contributed by atoms with van der Waals surface area (Å²) in [4.78, 5) is 8.49. The number of aromatic nitrogens is 2. The van der Waals surface area contributed by atoms with Crippen molar-refractivity contribution in [2.24, 2.45) is 5.41 Å². The van der Waals surface area contributed by atoms with E-state index in [9.17, 15) is 0 Å². The van der Waals surface area contributed by atoms with Crippen LogP contribution in [0.1, 0.15) is 19.3 Å². The van der Waals surface area contributed by atoms with Crippen molar-refractivity contribution in [2.45, 2.75) is 19.3 Å². The number of halogens is 1. The zero-order valence-electron chi connectivity index (χ0n) is 10.4. The first-order valence-electron chi connectivity index (χ1n) is 6.24. The highest BCUT2D eigenvalue weighted by Gasteiger charge is 2.42. The molecule has 0 saturated heterocycles. The average Bonchev–Trinajstić information content (AvgIpc) is 3.16. The second-order valence-corrected chi connectivity index (χ2v) is 5.51. The maximum atomic E-state index is 8.82. The van der Waals surface area contributed by atoms with Gasteiger partial charge >= 0.3 is 0 Å². The van der Waals surface area contributed by atoms with Gasteiger partial charge in [-0.3, -0.25) is 0 Å². The van der Waals surface area contributed by atoms with Crippen LogP contribution in [0, 0.1) is 16.7 Å². The fourth-order valence-corrected chi connectivity index (χ4v) is 2.37. The Labute approximate surface area is 116 Å². The summed E-state index contributed by atoms with van der Waals surface area (Å²) in [6.07, 6.45) is 4.37. The van der Waals surface area contributed by atoms with Crippen molar-refractivity contribution in [3.63, 3.8) is 0 Å². The fraction of sp³-hybridized carbons (Fsp3) is 0.357. The first kappa shape index (κ1) is 12.2. The van der Waals surface area contributed by atoms with E-state index in [4.69, 9.17) is 16.9 Å². The van der Waals surface area contributed by atoms with E-state index < -0.39 is 0 Å². The molecule has 0 spiro atoms. The molecule has 1 aliphatic rings. The number of rotatable bonds is 4. The summed E-state index contributed by atoms with van der Waals surface area (Å²) in [7, 11) is 0. The summed E-state index contributed by atoms with van der Waals surface area (Å²) in [6.45, 7) is 0.787. The van der Waals surface area contributed by atoms with Crippen molar-refractivity contribution < 1.29 is 0 Å². The normalized spacial score (nSPS) is 16.0. The van der Waals surface area contributed by atoms with Crippen molar-refractivity contribution in [3.8, 4) is 6.07 Å². The Morgan fingerprint density at radius 1 is 1.37 bits per heavy atom. The molecular weight excluding hydrogens is 260 g/mol. The molecule has 1 N–H and O–H groups in total. The first-order chi connectivity index (χ1) is 9.22. The molecule has 0 aliphatic heterocycles. The number of nitriles is 1. The molecule has 0 bridgehead atoms. The SMILES string of the molecule is N#CCC1(CNc2ncnc3cc(Cl)ccc23)CC1. The molecular formula is C14H13ClN4. The Hall–Kier alpha value is -1.86. The van der Waals surface area contributed by atoms with Gasteiger partial charge in [0.2, 0.25) is 0 Å². The number of anilines is 1. The highest BCUT2D eigenvalue weighted by atomic mass is 35.5. The van der Waals surface area contributed by atoms with Gasteiger partial charge in [0.05, 0.1) is 11.6 Å². The molecule has 4 nitrogen and oxygen atoms in total.